The highest BCUT2D eigenvalue weighted by atomic mass is 16.5. The van der Waals surface area contributed by atoms with Crippen molar-refractivity contribution in [3.8, 4) is 0 Å². The van der Waals surface area contributed by atoms with E-state index in [9.17, 15) is 19.8 Å². The third-order valence-electron chi connectivity index (χ3n) is 18.8. The van der Waals surface area contributed by atoms with Crippen LogP contribution in [0.5, 0.6) is 0 Å². The number of unbranched alkanes of at least 4 members (excludes halogenated alkanes) is 60. The van der Waals surface area contributed by atoms with Gasteiger partial charge in [0.1, 0.15) is 0 Å². The Bertz CT molecular complexity index is 1350. The van der Waals surface area contributed by atoms with Crippen LogP contribution in [0.1, 0.15) is 450 Å². The lowest BCUT2D eigenvalue weighted by Crippen LogP contribution is -2.45. The van der Waals surface area contributed by atoms with Crippen molar-refractivity contribution in [2.24, 2.45) is 0 Å². The van der Waals surface area contributed by atoms with Gasteiger partial charge in [-0.3, -0.25) is 9.59 Å². The molecule has 0 aromatic heterocycles. The van der Waals surface area contributed by atoms with Gasteiger partial charge in [0, 0.05) is 12.8 Å². The number of carbonyl (C=O) groups excluding carboxylic acids is 2. The molecule has 0 aromatic rings. The summed E-state index contributed by atoms with van der Waals surface area (Å²) in [6.07, 6.45) is 96.9. The van der Waals surface area contributed by atoms with Gasteiger partial charge >= 0.3 is 5.97 Å². The highest BCUT2D eigenvalue weighted by Crippen LogP contribution is 2.20. The minimum absolute atomic E-state index is 0.00651. The number of aliphatic hydroxyl groups is 2. The van der Waals surface area contributed by atoms with Crippen molar-refractivity contribution in [1.82, 2.24) is 5.32 Å². The predicted octanol–water partition coefficient (Wildman–Crippen LogP) is 26.0. The average Bonchev–Trinajstić information content (AvgIpc) is 3.54. The lowest BCUT2D eigenvalue weighted by molar-refractivity contribution is -0.143. The first-order valence-electron chi connectivity index (χ1n) is 39.6. The molecular formula is C80H155NO5. The molecule has 1 amide bonds. The number of aliphatic hydroxyl groups excluding tert-OH is 2. The van der Waals surface area contributed by atoms with Gasteiger partial charge in [-0.1, -0.05) is 404 Å². The predicted molar refractivity (Wildman–Crippen MR) is 380 cm³/mol. The maximum atomic E-state index is 12.6. The molecular weight excluding hydrogens is 1050 g/mol. The number of nitrogens with one attached hydrogen (secondary N) is 1. The van der Waals surface area contributed by atoms with Crippen LogP contribution in [0.15, 0.2) is 24.3 Å². The smallest absolute Gasteiger partial charge is 0.305 e. The van der Waals surface area contributed by atoms with E-state index in [0.29, 0.717) is 25.9 Å². The summed E-state index contributed by atoms with van der Waals surface area (Å²) in [5, 5.41) is 23.5. The first-order chi connectivity index (χ1) is 42.5. The lowest BCUT2D eigenvalue weighted by Gasteiger charge is -2.22. The SMILES string of the molecule is CCCCC/C=C\C/C=C\CCCCCCCC(=O)OCCCCCCCCCCCCCCCCCCCCCCCCCCCCCCCC(=O)NC(CO)C(O)CCCCCCCCCCCCCCCCCCCCCCCCCCC. The quantitative estimate of drug-likeness (QED) is 0.0320. The van der Waals surface area contributed by atoms with Crippen molar-refractivity contribution in [3.63, 3.8) is 0 Å². The van der Waals surface area contributed by atoms with Crippen LogP contribution in [-0.2, 0) is 14.3 Å². The van der Waals surface area contributed by atoms with Gasteiger partial charge in [0.15, 0.2) is 0 Å². The summed E-state index contributed by atoms with van der Waals surface area (Å²) in [7, 11) is 0. The third kappa shape index (κ3) is 71.4. The minimum Gasteiger partial charge on any atom is -0.466 e. The van der Waals surface area contributed by atoms with Gasteiger partial charge in [0.2, 0.25) is 5.91 Å². The Labute approximate surface area is 539 Å². The largest absolute Gasteiger partial charge is 0.466 e. The lowest BCUT2D eigenvalue weighted by atomic mass is 10.0. The standard InChI is InChI=1S/C80H155NO5/c1-3-5-7-9-11-13-15-17-19-20-21-22-23-29-32-35-38-41-45-48-52-56-60-64-68-72-78(83)77(76-82)81-79(84)73-69-65-61-57-53-49-46-42-39-36-33-30-27-25-24-26-28-31-34-37-40-43-47-51-55-59-63-67-71-75-86-80(85)74-70-66-62-58-54-50-44-18-16-14-12-10-8-6-4-2/h12,14,18,44,77-78,82-83H,3-11,13,15-17,19-43,45-76H2,1-2H3,(H,81,84)/b14-12-,44-18-. The van der Waals surface area contributed by atoms with Crippen LogP contribution in [0.25, 0.3) is 0 Å². The maximum absolute atomic E-state index is 12.6. The maximum Gasteiger partial charge on any atom is 0.305 e. The molecule has 6 heteroatoms. The fourth-order valence-corrected chi connectivity index (χ4v) is 12.7. The van der Waals surface area contributed by atoms with Crippen LogP contribution in [-0.4, -0.2) is 47.4 Å². The second-order valence-electron chi connectivity index (χ2n) is 27.4. The van der Waals surface area contributed by atoms with Crippen LogP contribution in [0.2, 0.25) is 0 Å². The van der Waals surface area contributed by atoms with E-state index in [4.69, 9.17) is 4.74 Å². The molecule has 0 bridgehead atoms. The van der Waals surface area contributed by atoms with E-state index < -0.39 is 12.1 Å². The van der Waals surface area contributed by atoms with E-state index in [1.807, 2.05) is 0 Å². The second kappa shape index (κ2) is 75.8. The van der Waals surface area contributed by atoms with E-state index >= 15 is 0 Å². The van der Waals surface area contributed by atoms with E-state index in [2.05, 4.69) is 43.5 Å². The molecule has 2 atom stereocenters. The van der Waals surface area contributed by atoms with Gasteiger partial charge in [-0.05, 0) is 57.8 Å². The second-order valence-corrected chi connectivity index (χ2v) is 27.4. The summed E-state index contributed by atoms with van der Waals surface area (Å²) in [4.78, 5) is 24.7. The monoisotopic (exact) mass is 1210 g/mol. The molecule has 0 heterocycles. The number of esters is 1. The molecule has 0 aliphatic carbocycles. The fraction of sp³-hybridized carbons (Fsp3) is 0.925. The highest BCUT2D eigenvalue weighted by Gasteiger charge is 2.20. The van der Waals surface area contributed by atoms with Gasteiger partial charge in [-0.25, -0.2) is 0 Å². The number of hydrogen-bond acceptors (Lipinski definition) is 5. The Kier molecular flexibility index (Phi) is 74.3. The zero-order valence-electron chi connectivity index (χ0n) is 58.6. The average molecular weight is 1210 g/mol. The van der Waals surface area contributed by atoms with E-state index in [-0.39, 0.29) is 18.5 Å². The summed E-state index contributed by atoms with van der Waals surface area (Å²) in [6, 6.07) is -0.540. The highest BCUT2D eigenvalue weighted by molar-refractivity contribution is 5.76. The Morgan fingerprint density at radius 1 is 0.326 bits per heavy atom. The number of hydrogen-bond donors (Lipinski definition) is 3. The van der Waals surface area contributed by atoms with Crippen molar-refractivity contribution in [1.29, 1.82) is 0 Å². The molecule has 0 aliphatic heterocycles. The van der Waals surface area contributed by atoms with Gasteiger partial charge in [-0.15, -0.1) is 0 Å². The first-order valence-corrected chi connectivity index (χ1v) is 39.6. The van der Waals surface area contributed by atoms with Crippen LogP contribution < -0.4 is 5.32 Å². The zero-order valence-corrected chi connectivity index (χ0v) is 58.6. The first kappa shape index (κ1) is 84.3. The molecule has 0 fully saturated rings. The molecule has 0 saturated heterocycles. The van der Waals surface area contributed by atoms with Crippen LogP contribution in [0.3, 0.4) is 0 Å². The number of carbonyl (C=O) groups is 2. The van der Waals surface area contributed by atoms with Crippen LogP contribution in [0, 0.1) is 0 Å². The molecule has 0 aliphatic rings. The van der Waals surface area contributed by atoms with Gasteiger partial charge in [0.05, 0.1) is 25.4 Å². The van der Waals surface area contributed by atoms with Crippen molar-refractivity contribution in [2.45, 2.75) is 463 Å². The molecule has 0 spiro atoms. The zero-order chi connectivity index (χ0) is 62.0. The molecule has 2 unspecified atom stereocenters. The summed E-state index contributed by atoms with van der Waals surface area (Å²) in [5.74, 6) is -0.0191. The normalized spacial score (nSPS) is 12.6. The van der Waals surface area contributed by atoms with E-state index in [1.54, 1.807) is 0 Å². The summed E-state index contributed by atoms with van der Waals surface area (Å²) in [6.45, 7) is 4.97. The molecule has 6 nitrogen and oxygen atoms in total. The topological polar surface area (TPSA) is 95.9 Å². The van der Waals surface area contributed by atoms with Crippen LogP contribution >= 0.6 is 0 Å². The number of ether oxygens (including phenoxy) is 1. The van der Waals surface area contributed by atoms with Crippen molar-refractivity contribution in [2.75, 3.05) is 13.2 Å². The molecule has 0 rings (SSSR count). The minimum atomic E-state index is -0.663. The summed E-state index contributed by atoms with van der Waals surface area (Å²) < 4.78 is 5.49. The Morgan fingerprint density at radius 2 is 0.581 bits per heavy atom. The fourth-order valence-electron chi connectivity index (χ4n) is 12.7. The van der Waals surface area contributed by atoms with Crippen LogP contribution in [0.4, 0.5) is 0 Å². The van der Waals surface area contributed by atoms with E-state index in [0.717, 1.165) is 51.4 Å². The molecule has 3 N–H and O–H groups in total. The number of rotatable bonds is 75. The third-order valence-corrected chi connectivity index (χ3v) is 18.8. The molecule has 0 saturated carbocycles. The van der Waals surface area contributed by atoms with E-state index in [1.165, 1.54) is 366 Å². The Hall–Kier alpha value is -1.66. The van der Waals surface area contributed by atoms with Crippen molar-refractivity contribution < 1.29 is 24.5 Å². The van der Waals surface area contributed by atoms with Gasteiger partial charge in [-0.2, -0.15) is 0 Å². The molecule has 0 radical (unpaired) electrons. The van der Waals surface area contributed by atoms with Crippen molar-refractivity contribution >= 4 is 11.9 Å². The summed E-state index contributed by atoms with van der Waals surface area (Å²) in [5.41, 5.74) is 0. The summed E-state index contributed by atoms with van der Waals surface area (Å²) >= 11 is 0. The Morgan fingerprint density at radius 3 is 0.907 bits per heavy atom. The molecule has 86 heavy (non-hydrogen) atoms. The van der Waals surface area contributed by atoms with Crippen molar-refractivity contribution in [3.05, 3.63) is 24.3 Å². The van der Waals surface area contributed by atoms with Gasteiger partial charge < -0.3 is 20.3 Å². The number of allylic oxidation sites excluding steroid dienone is 4. The Balaban J connectivity index is 3.34. The van der Waals surface area contributed by atoms with Gasteiger partial charge in [0.25, 0.3) is 0 Å². The molecule has 510 valence electrons. The number of amides is 1. The molecule has 0 aromatic carbocycles.